The van der Waals surface area contributed by atoms with Crippen molar-refractivity contribution in [3.8, 4) is 11.8 Å². The number of ether oxygens (including phenoxy) is 1. The molecule has 0 radical (unpaired) electrons. The lowest BCUT2D eigenvalue weighted by Crippen LogP contribution is -2.26. The summed E-state index contributed by atoms with van der Waals surface area (Å²) in [6, 6.07) is 14.6. The molecule has 5 rings (SSSR count). The molecular formula is C30H33N5O2S2. The maximum absolute atomic E-state index is 12.8. The van der Waals surface area contributed by atoms with Gasteiger partial charge in [0.2, 0.25) is 5.91 Å². The molecule has 1 amide bonds. The molecule has 0 aliphatic heterocycles. The largest absolute Gasteiger partial charge is 0.485 e. The first-order valence-electron chi connectivity index (χ1n) is 13.1. The van der Waals surface area contributed by atoms with Gasteiger partial charge in [0, 0.05) is 11.9 Å². The first-order chi connectivity index (χ1) is 18.7. The number of aryl methyl sites for hydroxylation is 1. The molecule has 0 unspecified atom stereocenters. The lowest BCUT2D eigenvalue weighted by molar-refractivity contribution is -0.113. The molecule has 0 bridgehead atoms. The summed E-state index contributed by atoms with van der Waals surface area (Å²) in [6.07, 6.45) is 2.93. The van der Waals surface area contributed by atoms with E-state index in [-0.39, 0.29) is 23.7 Å². The minimum absolute atomic E-state index is 0.157. The molecule has 39 heavy (non-hydrogen) atoms. The highest BCUT2D eigenvalue weighted by Crippen LogP contribution is 2.44. The monoisotopic (exact) mass is 559 g/mol. The Morgan fingerprint density at radius 3 is 2.82 bits per heavy atom. The molecule has 2 aromatic heterocycles. The summed E-state index contributed by atoms with van der Waals surface area (Å²) < 4.78 is 7.94. The Kier molecular flexibility index (Phi) is 7.70. The van der Waals surface area contributed by atoms with Crippen molar-refractivity contribution in [3.05, 3.63) is 63.8 Å². The molecule has 9 heteroatoms. The predicted octanol–water partition coefficient (Wildman–Crippen LogP) is 6.67. The van der Waals surface area contributed by atoms with Crippen molar-refractivity contribution in [2.24, 2.45) is 18.4 Å². The topological polar surface area (TPSA) is 92.8 Å². The van der Waals surface area contributed by atoms with Crippen LogP contribution in [0.2, 0.25) is 0 Å². The average Bonchev–Trinajstić information content (AvgIpc) is 3.44. The van der Waals surface area contributed by atoms with Crippen LogP contribution in [0.1, 0.15) is 54.6 Å². The van der Waals surface area contributed by atoms with E-state index in [0.717, 1.165) is 41.5 Å². The van der Waals surface area contributed by atoms with Crippen molar-refractivity contribution in [2.75, 3.05) is 11.1 Å². The minimum atomic E-state index is -0.157. The first-order valence-corrected chi connectivity index (χ1v) is 14.9. The van der Waals surface area contributed by atoms with Crippen LogP contribution in [0.4, 0.5) is 5.00 Å². The van der Waals surface area contributed by atoms with E-state index in [0.29, 0.717) is 27.5 Å². The molecule has 7 nitrogen and oxygen atoms in total. The van der Waals surface area contributed by atoms with E-state index in [9.17, 15) is 10.1 Å². The van der Waals surface area contributed by atoms with Crippen LogP contribution in [-0.2, 0) is 31.3 Å². The third kappa shape index (κ3) is 5.68. The van der Waals surface area contributed by atoms with Gasteiger partial charge in [-0.2, -0.15) is 5.26 Å². The number of benzene rings is 2. The zero-order valence-corrected chi connectivity index (χ0v) is 24.6. The number of thioether (sulfide) groups is 1. The van der Waals surface area contributed by atoms with Crippen molar-refractivity contribution in [1.29, 1.82) is 5.26 Å². The number of hydrogen-bond donors (Lipinski definition) is 1. The van der Waals surface area contributed by atoms with Gasteiger partial charge in [-0.15, -0.1) is 21.5 Å². The number of rotatable bonds is 7. The van der Waals surface area contributed by atoms with Crippen molar-refractivity contribution >= 4 is 44.8 Å². The van der Waals surface area contributed by atoms with Crippen LogP contribution >= 0.6 is 23.1 Å². The fourth-order valence-corrected chi connectivity index (χ4v) is 7.15. The third-order valence-corrected chi connectivity index (χ3v) is 9.81. The van der Waals surface area contributed by atoms with Crippen LogP contribution < -0.4 is 10.1 Å². The van der Waals surface area contributed by atoms with Crippen LogP contribution in [0, 0.1) is 29.6 Å². The van der Waals surface area contributed by atoms with Crippen molar-refractivity contribution in [2.45, 2.75) is 58.7 Å². The van der Waals surface area contributed by atoms with Gasteiger partial charge in [0.05, 0.1) is 11.3 Å². The minimum Gasteiger partial charge on any atom is -0.485 e. The van der Waals surface area contributed by atoms with Gasteiger partial charge >= 0.3 is 0 Å². The summed E-state index contributed by atoms with van der Waals surface area (Å²) >= 11 is 2.87. The van der Waals surface area contributed by atoms with Crippen LogP contribution in [-0.4, -0.2) is 26.4 Å². The molecule has 4 aromatic rings. The molecule has 0 fully saturated rings. The molecule has 202 valence electrons. The van der Waals surface area contributed by atoms with Gasteiger partial charge in [0.15, 0.2) is 11.0 Å². The van der Waals surface area contributed by atoms with E-state index < -0.39 is 0 Å². The number of thiophene rings is 1. The Morgan fingerprint density at radius 2 is 2.05 bits per heavy atom. The quantitative estimate of drug-likeness (QED) is 0.254. The second-order valence-electron chi connectivity index (χ2n) is 11.1. The fraction of sp³-hybridized carbons (Fsp3) is 0.400. The molecule has 0 spiro atoms. The maximum Gasteiger partial charge on any atom is 0.235 e. The van der Waals surface area contributed by atoms with E-state index >= 15 is 0 Å². The normalized spacial score (nSPS) is 15.1. The maximum atomic E-state index is 12.8. The van der Waals surface area contributed by atoms with Gasteiger partial charge in [-0.05, 0) is 65.5 Å². The van der Waals surface area contributed by atoms with E-state index in [1.54, 1.807) is 11.3 Å². The number of aromatic nitrogens is 3. The Balaban J connectivity index is 1.20. The number of anilines is 1. The smallest absolute Gasteiger partial charge is 0.235 e. The van der Waals surface area contributed by atoms with Gasteiger partial charge in [-0.3, -0.25) is 4.79 Å². The standard InChI is InChI=1S/C30H33N5O2S2/c1-18-21-9-7-6-8-19(21)10-13-24(18)37-16-26-33-34-29(35(26)5)38-17-27(36)32-28-23(15-31)22-12-11-20(30(2,3)4)14-25(22)39-28/h6-10,13,20H,11-12,14,16-17H2,1-5H3,(H,32,36)/t20-/m1/s1. The predicted molar refractivity (Wildman–Crippen MR) is 157 cm³/mol. The number of fused-ring (bicyclic) bond motifs is 2. The van der Waals surface area contributed by atoms with Gasteiger partial charge in [0.25, 0.3) is 0 Å². The molecule has 2 aromatic carbocycles. The van der Waals surface area contributed by atoms with Crippen molar-refractivity contribution in [3.63, 3.8) is 0 Å². The van der Waals surface area contributed by atoms with Gasteiger partial charge in [-0.25, -0.2) is 0 Å². The Bertz CT molecular complexity index is 1570. The first kappa shape index (κ1) is 27.2. The zero-order chi connectivity index (χ0) is 27.7. The number of nitriles is 1. The van der Waals surface area contributed by atoms with Crippen molar-refractivity contribution in [1.82, 2.24) is 14.8 Å². The summed E-state index contributed by atoms with van der Waals surface area (Å²) in [7, 11) is 1.87. The SMILES string of the molecule is Cc1c(OCc2nnc(SCC(=O)Nc3sc4c(c3C#N)CC[C@@H](C(C)(C)C)C4)n2C)ccc2ccccc12. The second kappa shape index (κ2) is 11.0. The van der Waals surface area contributed by atoms with E-state index in [1.807, 2.05) is 29.8 Å². The Morgan fingerprint density at radius 1 is 1.26 bits per heavy atom. The number of amides is 1. The average molecular weight is 560 g/mol. The molecular weight excluding hydrogens is 526 g/mol. The summed E-state index contributed by atoms with van der Waals surface area (Å²) in [5.74, 6) is 2.08. The van der Waals surface area contributed by atoms with E-state index in [4.69, 9.17) is 4.74 Å². The van der Waals surface area contributed by atoms with Crippen molar-refractivity contribution < 1.29 is 9.53 Å². The second-order valence-corrected chi connectivity index (χ2v) is 13.2. The highest BCUT2D eigenvalue weighted by atomic mass is 32.2. The molecule has 0 saturated heterocycles. The number of carbonyl (C=O) groups is 1. The lowest BCUT2D eigenvalue weighted by atomic mass is 9.72. The summed E-state index contributed by atoms with van der Waals surface area (Å²) in [4.78, 5) is 14.1. The summed E-state index contributed by atoms with van der Waals surface area (Å²) in [5.41, 5.74) is 3.05. The van der Waals surface area contributed by atoms with E-state index in [1.165, 1.54) is 22.0 Å². The number of nitrogens with zero attached hydrogens (tertiary/aromatic N) is 4. The van der Waals surface area contributed by atoms with Gasteiger partial charge in [-0.1, -0.05) is 62.9 Å². The van der Waals surface area contributed by atoms with Gasteiger partial charge in [0.1, 0.15) is 23.4 Å². The number of carbonyl (C=O) groups excluding carboxylic acids is 1. The number of nitrogens with one attached hydrogen (secondary N) is 1. The van der Waals surface area contributed by atoms with Gasteiger partial charge < -0.3 is 14.6 Å². The molecule has 1 aliphatic rings. The Labute approximate surface area is 237 Å². The van der Waals surface area contributed by atoms with Crippen LogP contribution in [0.25, 0.3) is 10.8 Å². The third-order valence-electron chi connectivity index (χ3n) is 7.62. The Hall–Kier alpha value is -3.35. The van der Waals surface area contributed by atoms with E-state index in [2.05, 4.69) is 67.5 Å². The molecule has 0 saturated carbocycles. The summed E-state index contributed by atoms with van der Waals surface area (Å²) in [6.45, 7) is 9.15. The molecule has 1 N–H and O–H groups in total. The molecule has 1 aliphatic carbocycles. The highest BCUT2D eigenvalue weighted by Gasteiger charge is 2.32. The highest BCUT2D eigenvalue weighted by molar-refractivity contribution is 7.99. The fourth-order valence-electron chi connectivity index (χ4n) is 5.13. The van der Waals surface area contributed by atoms with Crippen LogP contribution in [0.3, 0.4) is 0 Å². The summed E-state index contributed by atoms with van der Waals surface area (Å²) in [5, 5.41) is 25.0. The lowest BCUT2D eigenvalue weighted by Gasteiger charge is -2.33. The zero-order valence-electron chi connectivity index (χ0n) is 23.0. The van der Waals surface area contributed by atoms with Crippen LogP contribution in [0.15, 0.2) is 41.6 Å². The number of hydrogen-bond acceptors (Lipinski definition) is 7. The molecule has 1 atom stereocenters. The molecule has 2 heterocycles. The van der Waals surface area contributed by atoms with Crippen LogP contribution in [0.5, 0.6) is 5.75 Å².